The maximum absolute atomic E-state index is 9.93. The summed E-state index contributed by atoms with van der Waals surface area (Å²) in [5, 5.41) is 24.1. The van der Waals surface area contributed by atoms with Crippen LogP contribution >= 0.6 is 11.3 Å². The molecule has 0 amide bonds. The standard InChI is InChI=1S/C16H18N2O2S/c1-12(16-6-3-7-21-16)18-10-14(19)11-20-15-5-2-4-13(8-15)9-17/h2-8,12,14,18-19H,10-11H2,1H3/t12-,14?/m1/s1. The van der Waals surface area contributed by atoms with E-state index in [-0.39, 0.29) is 12.6 Å². The Bertz CT molecular complexity index is 593. The molecule has 2 atom stereocenters. The number of aliphatic hydroxyl groups is 1. The fourth-order valence-corrected chi connectivity index (χ4v) is 2.62. The van der Waals surface area contributed by atoms with Crippen LogP contribution in [-0.4, -0.2) is 24.4 Å². The lowest BCUT2D eigenvalue weighted by Crippen LogP contribution is -2.32. The Morgan fingerprint density at radius 3 is 2.95 bits per heavy atom. The third-order valence-electron chi connectivity index (χ3n) is 3.04. The summed E-state index contributed by atoms with van der Waals surface area (Å²) in [6, 6.07) is 13.3. The minimum atomic E-state index is -0.599. The quantitative estimate of drug-likeness (QED) is 0.825. The molecule has 1 heterocycles. The van der Waals surface area contributed by atoms with Crippen LogP contribution in [0.25, 0.3) is 0 Å². The Balaban J connectivity index is 1.74. The van der Waals surface area contributed by atoms with Gasteiger partial charge in [-0.05, 0) is 36.6 Å². The van der Waals surface area contributed by atoms with Crippen molar-refractivity contribution in [3.8, 4) is 11.8 Å². The first-order valence-corrected chi connectivity index (χ1v) is 7.65. The smallest absolute Gasteiger partial charge is 0.120 e. The zero-order chi connectivity index (χ0) is 15.1. The molecule has 0 saturated heterocycles. The van der Waals surface area contributed by atoms with Crippen LogP contribution in [0.15, 0.2) is 41.8 Å². The van der Waals surface area contributed by atoms with E-state index in [9.17, 15) is 5.11 Å². The van der Waals surface area contributed by atoms with Crippen LogP contribution in [0.3, 0.4) is 0 Å². The van der Waals surface area contributed by atoms with Crippen LogP contribution in [0.4, 0.5) is 0 Å². The number of nitrogens with zero attached hydrogens (tertiary/aromatic N) is 1. The minimum Gasteiger partial charge on any atom is -0.491 e. The summed E-state index contributed by atoms with van der Waals surface area (Å²) in [5.74, 6) is 0.597. The second kappa shape index (κ2) is 7.79. The first-order chi connectivity index (χ1) is 10.2. The highest BCUT2D eigenvalue weighted by Gasteiger charge is 2.10. The number of hydrogen-bond acceptors (Lipinski definition) is 5. The molecule has 0 saturated carbocycles. The second-order valence-electron chi connectivity index (χ2n) is 4.75. The van der Waals surface area contributed by atoms with Crippen LogP contribution in [0.2, 0.25) is 0 Å². The molecule has 0 aliphatic heterocycles. The van der Waals surface area contributed by atoms with E-state index in [1.807, 2.05) is 11.4 Å². The van der Waals surface area contributed by atoms with Gasteiger partial charge in [-0.1, -0.05) is 12.1 Å². The molecule has 4 nitrogen and oxygen atoms in total. The zero-order valence-corrected chi connectivity index (χ0v) is 12.6. The number of nitrogens with one attached hydrogen (secondary N) is 1. The van der Waals surface area contributed by atoms with Gasteiger partial charge in [-0.2, -0.15) is 5.26 Å². The largest absolute Gasteiger partial charge is 0.491 e. The third-order valence-corrected chi connectivity index (χ3v) is 4.09. The summed E-state index contributed by atoms with van der Waals surface area (Å²) in [7, 11) is 0. The molecule has 0 aliphatic carbocycles. The molecule has 0 radical (unpaired) electrons. The fraction of sp³-hybridized carbons (Fsp3) is 0.312. The van der Waals surface area contributed by atoms with Crippen molar-refractivity contribution in [2.24, 2.45) is 0 Å². The summed E-state index contributed by atoms with van der Waals surface area (Å²) in [6.07, 6.45) is -0.599. The number of aliphatic hydroxyl groups excluding tert-OH is 1. The van der Waals surface area contributed by atoms with Crippen LogP contribution in [0.1, 0.15) is 23.4 Å². The average Bonchev–Trinajstić information content (AvgIpc) is 3.05. The predicted octanol–water partition coefficient (Wildman–Crippen LogP) is 2.71. The van der Waals surface area contributed by atoms with Gasteiger partial charge in [0.1, 0.15) is 18.5 Å². The highest BCUT2D eigenvalue weighted by atomic mass is 32.1. The first kappa shape index (κ1) is 15.5. The van der Waals surface area contributed by atoms with E-state index in [1.54, 1.807) is 35.6 Å². The normalized spacial score (nSPS) is 13.4. The van der Waals surface area contributed by atoms with E-state index in [0.717, 1.165) is 0 Å². The van der Waals surface area contributed by atoms with Crippen molar-refractivity contribution in [3.05, 3.63) is 52.2 Å². The maximum Gasteiger partial charge on any atom is 0.120 e. The Morgan fingerprint density at radius 2 is 2.24 bits per heavy atom. The Hall–Kier alpha value is -1.87. The van der Waals surface area contributed by atoms with Crippen molar-refractivity contribution >= 4 is 11.3 Å². The van der Waals surface area contributed by atoms with Gasteiger partial charge in [0, 0.05) is 17.5 Å². The van der Waals surface area contributed by atoms with E-state index in [1.165, 1.54) is 4.88 Å². The van der Waals surface area contributed by atoms with Crippen molar-refractivity contribution in [1.82, 2.24) is 5.32 Å². The number of ether oxygens (including phenoxy) is 1. The molecule has 2 rings (SSSR count). The maximum atomic E-state index is 9.93. The summed E-state index contributed by atoms with van der Waals surface area (Å²) >= 11 is 1.69. The first-order valence-electron chi connectivity index (χ1n) is 6.77. The van der Waals surface area contributed by atoms with Crippen LogP contribution in [0, 0.1) is 11.3 Å². The summed E-state index contributed by atoms with van der Waals surface area (Å²) < 4.78 is 5.49. The average molecular weight is 302 g/mol. The van der Waals surface area contributed by atoms with Gasteiger partial charge < -0.3 is 15.2 Å². The molecule has 0 spiro atoms. The molecule has 1 aromatic carbocycles. The lowest BCUT2D eigenvalue weighted by atomic mass is 10.2. The summed E-state index contributed by atoms with van der Waals surface area (Å²) in [6.45, 7) is 2.71. The van der Waals surface area contributed by atoms with Crippen LogP contribution in [0.5, 0.6) is 5.75 Å². The lowest BCUT2D eigenvalue weighted by Gasteiger charge is -2.16. The molecule has 2 aromatic rings. The highest BCUT2D eigenvalue weighted by Crippen LogP contribution is 2.18. The van der Waals surface area contributed by atoms with Crippen molar-refractivity contribution in [2.45, 2.75) is 19.1 Å². The summed E-state index contributed by atoms with van der Waals surface area (Å²) in [5.41, 5.74) is 0.548. The van der Waals surface area contributed by atoms with E-state index in [4.69, 9.17) is 10.00 Å². The molecule has 5 heteroatoms. The third kappa shape index (κ3) is 4.87. The van der Waals surface area contributed by atoms with E-state index >= 15 is 0 Å². The van der Waals surface area contributed by atoms with Crippen LogP contribution in [-0.2, 0) is 0 Å². The molecule has 0 fully saturated rings. The van der Waals surface area contributed by atoms with Crippen LogP contribution < -0.4 is 10.1 Å². The van der Waals surface area contributed by atoms with E-state index in [0.29, 0.717) is 17.9 Å². The molecule has 0 bridgehead atoms. The van der Waals surface area contributed by atoms with Gasteiger partial charge in [-0.25, -0.2) is 0 Å². The molecular weight excluding hydrogens is 284 g/mol. The van der Waals surface area contributed by atoms with Gasteiger partial charge in [0.05, 0.1) is 11.6 Å². The Kier molecular flexibility index (Phi) is 5.76. The molecule has 1 aromatic heterocycles. The second-order valence-corrected chi connectivity index (χ2v) is 5.73. The van der Waals surface area contributed by atoms with E-state index < -0.39 is 6.10 Å². The van der Waals surface area contributed by atoms with Gasteiger partial charge in [0.2, 0.25) is 0 Å². The molecule has 21 heavy (non-hydrogen) atoms. The van der Waals surface area contributed by atoms with Crippen molar-refractivity contribution in [2.75, 3.05) is 13.2 Å². The topological polar surface area (TPSA) is 65.3 Å². The SMILES string of the molecule is C[C@@H](NCC(O)COc1cccc(C#N)c1)c1cccs1. The monoisotopic (exact) mass is 302 g/mol. The Morgan fingerprint density at radius 1 is 1.38 bits per heavy atom. The number of benzene rings is 1. The Labute approximate surface area is 128 Å². The van der Waals surface area contributed by atoms with Gasteiger partial charge in [-0.3, -0.25) is 0 Å². The number of thiophene rings is 1. The number of rotatable bonds is 7. The van der Waals surface area contributed by atoms with Crippen molar-refractivity contribution < 1.29 is 9.84 Å². The molecular formula is C16H18N2O2S. The predicted molar refractivity (Wildman–Crippen MR) is 83.4 cm³/mol. The zero-order valence-electron chi connectivity index (χ0n) is 11.8. The summed E-state index contributed by atoms with van der Waals surface area (Å²) in [4.78, 5) is 1.24. The fourth-order valence-electron chi connectivity index (χ4n) is 1.86. The van der Waals surface area contributed by atoms with Crippen molar-refractivity contribution in [1.29, 1.82) is 5.26 Å². The lowest BCUT2D eigenvalue weighted by molar-refractivity contribution is 0.104. The number of nitriles is 1. The molecule has 2 N–H and O–H groups in total. The number of hydrogen-bond donors (Lipinski definition) is 2. The van der Waals surface area contributed by atoms with Gasteiger partial charge in [0.15, 0.2) is 0 Å². The van der Waals surface area contributed by atoms with Gasteiger partial charge in [0.25, 0.3) is 0 Å². The molecule has 110 valence electrons. The van der Waals surface area contributed by atoms with Crippen molar-refractivity contribution in [3.63, 3.8) is 0 Å². The van der Waals surface area contributed by atoms with Gasteiger partial charge >= 0.3 is 0 Å². The minimum absolute atomic E-state index is 0.193. The highest BCUT2D eigenvalue weighted by molar-refractivity contribution is 7.10. The molecule has 0 aliphatic rings. The molecule has 1 unspecified atom stereocenters. The van der Waals surface area contributed by atoms with E-state index in [2.05, 4.69) is 24.4 Å². The van der Waals surface area contributed by atoms with Gasteiger partial charge in [-0.15, -0.1) is 11.3 Å².